The normalized spacial score (nSPS) is 14.4. The van der Waals surface area contributed by atoms with E-state index in [2.05, 4.69) is 21.2 Å². The van der Waals surface area contributed by atoms with Crippen molar-refractivity contribution in [3.05, 3.63) is 70.8 Å². The highest BCUT2D eigenvalue weighted by Gasteiger charge is 2.21. The molecular formula is C22H20ClFN4O2. The van der Waals surface area contributed by atoms with Crippen LogP contribution in [-0.4, -0.2) is 39.9 Å². The van der Waals surface area contributed by atoms with Crippen LogP contribution in [0.3, 0.4) is 0 Å². The maximum Gasteiger partial charge on any atom is 0.236 e. The Hall–Kier alpha value is -3.03. The molecular weight excluding hydrogens is 407 g/mol. The van der Waals surface area contributed by atoms with E-state index >= 15 is 0 Å². The predicted octanol–water partition coefficient (Wildman–Crippen LogP) is 4.55. The molecule has 30 heavy (non-hydrogen) atoms. The van der Waals surface area contributed by atoms with Crippen molar-refractivity contribution >= 4 is 22.5 Å². The van der Waals surface area contributed by atoms with Gasteiger partial charge in [-0.15, -0.1) is 5.10 Å². The first-order valence-corrected chi connectivity index (χ1v) is 10.0. The van der Waals surface area contributed by atoms with Gasteiger partial charge in [0.15, 0.2) is 0 Å². The Kier molecular flexibility index (Phi) is 4.84. The van der Waals surface area contributed by atoms with Gasteiger partial charge in [-0.2, -0.15) is 0 Å². The van der Waals surface area contributed by atoms with Gasteiger partial charge in [-0.05, 0) is 36.4 Å². The number of rotatable bonds is 4. The summed E-state index contributed by atoms with van der Waals surface area (Å²) in [6.45, 7) is 2.64. The Morgan fingerprint density at radius 3 is 3.03 bits per heavy atom. The van der Waals surface area contributed by atoms with Crippen molar-refractivity contribution in [3.8, 4) is 17.3 Å². The summed E-state index contributed by atoms with van der Waals surface area (Å²) in [5.41, 5.74) is 3.82. The molecule has 3 heterocycles. The van der Waals surface area contributed by atoms with Crippen molar-refractivity contribution in [2.45, 2.75) is 13.1 Å². The molecule has 0 atom stereocenters. The van der Waals surface area contributed by atoms with Gasteiger partial charge < -0.3 is 14.0 Å². The number of hydrogen-bond acceptors (Lipinski definition) is 4. The van der Waals surface area contributed by atoms with Crippen molar-refractivity contribution < 1.29 is 13.9 Å². The second-order valence-electron chi connectivity index (χ2n) is 7.28. The van der Waals surface area contributed by atoms with Gasteiger partial charge in [-0.25, -0.2) is 4.39 Å². The lowest BCUT2D eigenvalue weighted by Crippen LogP contribution is -2.25. The van der Waals surface area contributed by atoms with Crippen LogP contribution in [0, 0.1) is 5.82 Å². The van der Waals surface area contributed by atoms with E-state index in [9.17, 15) is 4.39 Å². The molecule has 1 aliphatic heterocycles. The van der Waals surface area contributed by atoms with Gasteiger partial charge in [0.1, 0.15) is 18.2 Å². The average Bonchev–Trinajstić information content (AvgIpc) is 3.29. The van der Waals surface area contributed by atoms with E-state index in [1.54, 1.807) is 13.2 Å². The first-order chi connectivity index (χ1) is 14.6. The summed E-state index contributed by atoms with van der Waals surface area (Å²) in [6.07, 6.45) is 3.77. The molecule has 0 unspecified atom stereocenters. The number of aromatic nitrogens is 3. The summed E-state index contributed by atoms with van der Waals surface area (Å²) in [5, 5.41) is 8.36. The Morgan fingerprint density at radius 1 is 1.27 bits per heavy atom. The summed E-state index contributed by atoms with van der Waals surface area (Å²) in [4.78, 5) is 2.27. The van der Waals surface area contributed by atoms with Gasteiger partial charge in [-0.1, -0.05) is 11.6 Å². The van der Waals surface area contributed by atoms with Gasteiger partial charge >= 0.3 is 0 Å². The molecule has 0 amide bonds. The van der Waals surface area contributed by atoms with Crippen LogP contribution in [0.4, 0.5) is 4.39 Å². The molecule has 0 radical (unpaired) electrons. The maximum atomic E-state index is 13.6. The van der Waals surface area contributed by atoms with Crippen LogP contribution in [0.15, 0.2) is 48.8 Å². The number of nitrogens with one attached hydrogen (secondary N) is 1. The number of halogens is 2. The van der Waals surface area contributed by atoms with Gasteiger partial charge in [0.25, 0.3) is 0 Å². The smallest absolute Gasteiger partial charge is 0.236 e. The van der Waals surface area contributed by atoms with Crippen LogP contribution in [0.1, 0.15) is 11.1 Å². The maximum absolute atomic E-state index is 13.6. The first-order valence-electron chi connectivity index (χ1n) is 9.63. The lowest BCUT2D eigenvalue weighted by atomic mass is 10.1. The molecule has 1 aliphatic rings. The first kappa shape index (κ1) is 19.0. The molecule has 154 valence electrons. The van der Waals surface area contributed by atoms with E-state index < -0.39 is 0 Å². The molecule has 6 nitrogen and oxygen atoms in total. The summed E-state index contributed by atoms with van der Waals surface area (Å²) in [5.74, 6) is 1.06. The number of H-pyrrole nitrogens is 1. The standard InChI is InChI=1S/C22H20ClFN4O2/c1-29-22-16(11-25-26-22)13-27-6-7-30-21-15(12-27)9-18(10-19(21)23)28-5-4-14-8-17(24)2-3-20(14)28/h2-5,8-11H,6-7,12-13H2,1H3,(H,25,26). The number of methoxy groups -OCH3 is 1. The quantitative estimate of drug-likeness (QED) is 0.520. The van der Waals surface area contributed by atoms with Gasteiger partial charge in [0, 0.05) is 54.2 Å². The van der Waals surface area contributed by atoms with E-state index in [1.807, 2.05) is 29.1 Å². The Labute approximate surface area is 177 Å². The zero-order valence-corrected chi connectivity index (χ0v) is 17.1. The predicted molar refractivity (Wildman–Crippen MR) is 113 cm³/mol. The molecule has 0 aliphatic carbocycles. The van der Waals surface area contributed by atoms with Gasteiger partial charge in [0.05, 0.1) is 17.6 Å². The molecule has 0 spiro atoms. The lowest BCUT2D eigenvalue weighted by Gasteiger charge is -2.19. The van der Waals surface area contributed by atoms with Crippen LogP contribution < -0.4 is 9.47 Å². The SMILES string of the molecule is COc1n[nH]cc1CN1CCOc2c(Cl)cc(-n3ccc4cc(F)ccc43)cc2C1. The van der Waals surface area contributed by atoms with Gasteiger partial charge in [-0.3, -0.25) is 10.00 Å². The number of benzene rings is 2. The average molecular weight is 427 g/mol. The zero-order valence-electron chi connectivity index (χ0n) is 16.4. The van der Waals surface area contributed by atoms with Crippen molar-refractivity contribution in [2.24, 2.45) is 0 Å². The van der Waals surface area contributed by atoms with E-state index in [-0.39, 0.29) is 5.82 Å². The Balaban J connectivity index is 1.50. The fraction of sp³-hybridized carbons (Fsp3) is 0.227. The van der Waals surface area contributed by atoms with Crippen molar-refractivity contribution in [1.82, 2.24) is 19.7 Å². The number of fused-ring (bicyclic) bond motifs is 2. The van der Waals surface area contributed by atoms with Crippen LogP contribution in [0.5, 0.6) is 11.6 Å². The summed E-state index contributed by atoms with van der Waals surface area (Å²) in [7, 11) is 1.61. The Bertz CT molecular complexity index is 1220. The second kappa shape index (κ2) is 7.66. The molecule has 0 saturated carbocycles. The number of hydrogen-bond donors (Lipinski definition) is 1. The highest BCUT2D eigenvalue weighted by atomic mass is 35.5. The van der Waals surface area contributed by atoms with Crippen LogP contribution in [0.2, 0.25) is 5.02 Å². The molecule has 0 saturated heterocycles. The molecule has 2 aromatic carbocycles. The van der Waals surface area contributed by atoms with E-state index in [4.69, 9.17) is 21.1 Å². The number of ether oxygens (including phenoxy) is 2. The van der Waals surface area contributed by atoms with Crippen LogP contribution in [0.25, 0.3) is 16.6 Å². The minimum Gasteiger partial charge on any atom is -0.490 e. The molecule has 8 heteroatoms. The summed E-state index contributed by atoms with van der Waals surface area (Å²) in [6, 6.07) is 10.6. The van der Waals surface area contributed by atoms with Crippen molar-refractivity contribution in [2.75, 3.05) is 20.3 Å². The monoisotopic (exact) mass is 426 g/mol. The fourth-order valence-electron chi connectivity index (χ4n) is 3.96. The van der Waals surface area contributed by atoms with E-state index in [0.29, 0.717) is 36.3 Å². The molecule has 4 aromatic rings. The third kappa shape index (κ3) is 3.40. The molecule has 1 N–H and O–H groups in total. The summed E-state index contributed by atoms with van der Waals surface area (Å²) < 4.78 is 26.9. The fourth-order valence-corrected chi connectivity index (χ4v) is 4.24. The topological polar surface area (TPSA) is 55.3 Å². The number of aromatic amines is 1. The highest BCUT2D eigenvalue weighted by Crippen LogP contribution is 2.35. The molecule has 2 aromatic heterocycles. The van der Waals surface area contributed by atoms with Crippen LogP contribution in [-0.2, 0) is 13.1 Å². The van der Waals surface area contributed by atoms with Crippen molar-refractivity contribution in [3.63, 3.8) is 0 Å². The third-order valence-electron chi connectivity index (χ3n) is 5.35. The zero-order chi connectivity index (χ0) is 20.7. The summed E-state index contributed by atoms with van der Waals surface area (Å²) >= 11 is 6.60. The molecule has 0 fully saturated rings. The number of nitrogens with zero attached hydrogens (tertiary/aromatic N) is 3. The Morgan fingerprint density at radius 2 is 2.17 bits per heavy atom. The minimum atomic E-state index is -0.251. The molecule has 5 rings (SSSR count). The van der Waals surface area contributed by atoms with Crippen LogP contribution >= 0.6 is 11.6 Å². The second-order valence-corrected chi connectivity index (χ2v) is 7.69. The highest BCUT2D eigenvalue weighted by molar-refractivity contribution is 6.32. The third-order valence-corrected chi connectivity index (χ3v) is 5.63. The van der Waals surface area contributed by atoms with Crippen molar-refractivity contribution in [1.29, 1.82) is 0 Å². The lowest BCUT2D eigenvalue weighted by molar-refractivity contribution is 0.217. The largest absolute Gasteiger partial charge is 0.490 e. The van der Waals surface area contributed by atoms with Gasteiger partial charge in [0.2, 0.25) is 5.88 Å². The minimum absolute atomic E-state index is 0.251. The van der Waals surface area contributed by atoms with E-state index in [1.165, 1.54) is 12.1 Å². The molecule has 0 bridgehead atoms. The van der Waals surface area contributed by atoms with E-state index in [0.717, 1.165) is 34.3 Å².